The van der Waals surface area contributed by atoms with Gasteiger partial charge in [0.05, 0.1) is 6.61 Å². The van der Waals surface area contributed by atoms with E-state index in [2.05, 4.69) is 15.9 Å². The number of carbonyl (C=O) groups is 1. The number of rotatable bonds is 6. The molecule has 24 heavy (non-hydrogen) atoms. The maximum atomic E-state index is 12.5. The van der Waals surface area contributed by atoms with Gasteiger partial charge in [0.1, 0.15) is 12.2 Å². The van der Waals surface area contributed by atoms with Crippen molar-refractivity contribution in [1.82, 2.24) is 0 Å². The number of hydrogen-bond acceptors (Lipinski definition) is 4. The molecule has 0 amide bonds. The van der Waals surface area contributed by atoms with E-state index >= 15 is 0 Å². The van der Waals surface area contributed by atoms with Gasteiger partial charge in [-0.25, -0.2) is 4.79 Å². The van der Waals surface area contributed by atoms with Crippen molar-refractivity contribution in [2.75, 3.05) is 6.61 Å². The first-order valence-corrected chi connectivity index (χ1v) is 8.48. The fourth-order valence-electron chi connectivity index (χ4n) is 2.45. The number of fused-ring (bicyclic) bond motifs is 1. The molecule has 0 aliphatic heterocycles. The predicted octanol–water partition coefficient (Wildman–Crippen LogP) is 5.09. The van der Waals surface area contributed by atoms with E-state index in [0.29, 0.717) is 18.8 Å². The minimum absolute atomic E-state index is 0.184. The van der Waals surface area contributed by atoms with Crippen molar-refractivity contribution in [3.8, 4) is 0 Å². The molecule has 124 valence electrons. The summed E-state index contributed by atoms with van der Waals surface area (Å²) in [5, 5.41) is 0.875. The van der Waals surface area contributed by atoms with E-state index in [0.717, 1.165) is 21.0 Å². The Kier molecular flexibility index (Phi) is 5.33. The molecule has 2 aromatic carbocycles. The molecule has 3 aromatic rings. The highest BCUT2D eigenvalue weighted by atomic mass is 79.9. The van der Waals surface area contributed by atoms with Gasteiger partial charge in [0, 0.05) is 22.0 Å². The first-order valence-electron chi connectivity index (χ1n) is 7.68. The molecule has 5 heteroatoms. The fraction of sp³-hybridized carbons (Fsp3) is 0.211. The van der Waals surface area contributed by atoms with E-state index in [1.54, 1.807) is 0 Å². The van der Waals surface area contributed by atoms with Crippen LogP contribution in [0, 0.1) is 0 Å². The molecule has 0 atom stereocenters. The molecular formula is C19H17BrO4. The fourth-order valence-corrected chi connectivity index (χ4v) is 2.90. The monoisotopic (exact) mass is 388 g/mol. The van der Waals surface area contributed by atoms with E-state index in [9.17, 15) is 4.79 Å². The Hall–Kier alpha value is -2.11. The smallest absolute Gasteiger partial charge is 0.374 e. The Balaban J connectivity index is 1.83. The first-order chi connectivity index (χ1) is 11.7. The Labute approximate surface area is 148 Å². The average Bonchev–Trinajstić information content (AvgIpc) is 2.96. The molecule has 0 saturated carbocycles. The van der Waals surface area contributed by atoms with Gasteiger partial charge in [0.2, 0.25) is 5.76 Å². The summed E-state index contributed by atoms with van der Waals surface area (Å²) in [6, 6.07) is 15.1. The zero-order valence-corrected chi connectivity index (χ0v) is 14.8. The van der Waals surface area contributed by atoms with Crippen LogP contribution in [0.2, 0.25) is 0 Å². The lowest BCUT2D eigenvalue weighted by atomic mass is 10.1. The summed E-state index contributed by atoms with van der Waals surface area (Å²) in [6.07, 6.45) is 0. The Morgan fingerprint density at radius 2 is 1.96 bits per heavy atom. The highest BCUT2D eigenvalue weighted by Crippen LogP contribution is 2.27. The van der Waals surface area contributed by atoms with Crippen LogP contribution in [0.4, 0.5) is 0 Å². The molecule has 0 aliphatic carbocycles. The summed E-state index contributed by atoms with van der Waals surface area (Å²) >= 11 is 3.40. The predicted molar refractivity (Wildman–Crippen MR) is 94.8 cm³/mol. The van der Waals surface area contributed by atoms with Crippen molar-refractivity contribution in [2.24, 2.45) is 0 Å². The van der Waals surface area contributed by atoms with E-state index in [1.807, 2.05) is 55.5 Å². The molecule has 0 N–H and O–H groups in total. The quantitative estimate of drug-likeness (QED) is 0.551. The van der Waals surface area contributed by atoms with E-state index in [1.165, 1.54) is 0 Å². The van der Waals surface area contributed by atoms with Crippen LogP contribution < -0.4 is 0 Å². The molecule has 1 aromatic heterocycles. The zero-order valence-electron chi connectivity index (χ0n) is 13.3. The zero-order chi connectivity index (χ0) is 16.9. The number of esters is 1. The van der Waals surface area contributed by atoms with Crippen LogP contribution in [0.15, 0.2) is 57.4 Å². The van der Waals surface area contributed by atoms with Crippen molar-refractivity contribution in [3.05, 3.63) is 69.9 Å². The largest absolute Gasteiger partial charge is 0.455 e. The van der Waals surface area contributed by atoms with Crippen LogP contribution in [-0.4, -0.2) is 12.6 Å². The first kappa shape index (κ1) is 16.7. The highest BCUT2D eigenvalue weighted by molar-refractivity contribution is 9.10. The number of benzene rings is 2. The molecule has 0 spiro atoms. The van der Waals surface area contributed by atoms with Crippen LogP contribution in [-0.2, 0) is 22.7 Å². The lowest BCUT2D eigenvalue weighted by molar-refractivity contribution is 0.0430. The number of furan rings is 1. The van der Waals surface area contributed by atoms with Gasteiger partial charge in [-0.1, -0.05) is 46.3 Å². The highest BCUT2D eigenvalue weighted by Gasteiger charge is 2.21. The lowest BCUT2D eigenvalue weighted by Gasteiger charge is -2.06. The van der Waals surface area contributed by atoms with Crippen molar-refractivity contribution < 1.29 is 18.7 Å². The number of halogens is 1. The summed E-state index contributed by atoms with van der Waals surface area (Å²) < 4.78 is 17.5. The van der Waals surface area contributed by atoms with E-state index in [4.69, 9.17) is 13.9 Å². The summed E-state index contributed by atoms with van der Waals surface area (Å²) in [7, 11) is 0. The van der Waals surface area contributed by atoms with Gasteiger partial charge < -0.3 is 13.9 Å². The SMILES string of the molecule is CCOCc1c(C(=O)OCc2cccc(Br)c2)oc2ccccc12. The van der Waals surface area contributed by atoms with Crippen LogP contribution in [0.1, 0.15) is 28.6 Å². The summed E-state index contributed by atoms with van der Waals surface area (Å²) in [5.74, 6) is -0.277. The van der Waals surface area contributed by atoms with Crippen LogP contribution in [0.3, 0.4) is 0 Å². The van der Waals surface area contributed by atoms with Gasteiger partial charge >= 0.3 is 5.97 Å². The molecule has 1 heterocycles. The van der Waals surface area contributed by atoms with Gasteiger partial charge in [-0.15, -0.1) is 0 Å². The molecule has 0 radical (unpaired) electrons. The van der Waals surface area contributed by atoms with Crippen molar-refractivity contribution in [3.63, 3.8) is 0 Å². The summed E-state index contributed by atoms with van der Waals surface area (Å²) in [4.78, 5) is 12.5. The number of hydrogen-bond donors (Lipinski definition) is 0. The Morgan fingerprint density at radius 3 is 2.75 bits per heavy atom. The molecule has 3 rings (SSSR count). The third-order valence-corrected chi connectivity index (χ3v) is 4.09. The minimum atomic E-state index is -0.485. The molecule has 0 bridgehead atoms. The van der Waals surface area contributed by atoms with E-state index < -0.39 is 5.97 Å². The third kappa shape index (κ3) is 3.68. The molecule has 0 saturated heterocycles. The maximum Gasteiger partial charge on any atom is 0.374 e. The Bertz CT molecular complexity index is 853. The molecule has 0 aliphatic rings. The van der Waals surface area contributed by atoms with Gasteiger partial charge in [-0.3, -0.25) is 0 Å². The number of ether oxygens (including phenoxy) is 2. The lowest BCUT2D eigenvalue weighted by Crippen LogP contribution is -2.07. The standard InChI is InChI=1S/C19H17BrO4/c1-2-22-12-16-15-8-3-4-9-17(15)24-18(16)19(21)23-11-13-6-5-7-14(20)10-13/h3-10H,2,11-12H2,1H3. The minimum Gasteiger partial charge on any atom is -0.455 e. The average molecular weight is 389 g/mol. The van der Waals surface area contributed by atoms with Crippen LogP contribution in [0.25, 0.3) is 11.0 Å². The second-order valence-corrected chi connectivity index (χ2v) is 6.16. The third-order valence-electron chi connectivity index (χ3n) is 3.59. The van der Waals surface area contributed by atoms with Gasteiger partial charge in [-0.05, 0) is 30.7 Å². The van der Waals surface area contributed by atoms with Crippen LogP contribution in [0.5, 0.6) is 0 Å². The maximum absolute atomic E-state index is 12.5. The molecule has 0 fully saturated rings. The molecular weight excluding hydrogens is 372 g/mol. The van der Waals surface area contributed by atoms with Gasteiger partial charge in [0.15, 0.2) is 0 Å². The van der Waals surface area contributed by atoms with Crippen molar-refractivity contribution in [2.45, 2.75) is 20.1 Å². The normalized spacial score (nSPS) is 10.9. The number of para-hydroxylation sites is 1. The molecule has 4 nitrogen and oxygen atoms in total. The summed E-state index contributed by atoms with van der Waals surface area (Å²) in [5.41, 5.74) is 2.29. The second-order valence-electron chi connectivity index (χ2n) is 5.25. The second kappa shape index (κ2) is 7.64. The topological polar surface area (TPSA) is 48.7 Å². The summed E-state index contributed by atoms with van der Waals surface area (Å²) in [6.45, 7) is 2.97. The van der Waals surface area contributed by atoms with E-state index in [-0.39, 0.29) is 12.4 Å². The van der Waals surface area contributed by atoms with Crippen LogP contribution >= 0.6 is 15.9 Å². The number of carbonyl (C=O) groups excluding carboxylic acids is 1. The van der Waals surface area contributed by atoms with Gasteiger partial charge in [-0.2, -0.15) is 0 Å². The molecule has 0 unspecified atom stereocenters. The Morgan fingerprint density at radius 1 is 1.12 bits per heavy atom. The van der Waals surface area contributed by atoms with Gasteiger partial charge in [0.25, 0.3) is 0 Å². The van der Waals surface area contributed by atoms with Crippen molar-refractivity contribution in [1.29, 1.82) is 0 Å². The van der Waals surface area contributed by atoms with Crippen molar-refractivity contribution >= 4 is 32.9 Å².